The van der Waals surface area contributed by atoms with Gasteiger partial charge >= 0.3 is 0 Å². The van der Waals surface area contributed by atoms with E-state index < -0.39 is 5.82 Å². The quantitative estimate of drug-likeness (QED) is 0.187. The summed E-state index contributed by atoms with van der Waals surface area (Å²) in [5, 5.41) is 15.0. The zero-order valence-corrected chi connectivity index (χ0v) is 25.7. The number of piperidine rings is 1. The average molecular weight is 597 g/mol. The number of nitrogens with one attached hydrogen (secondary N) is 3. The molecule has 2 aliphatic rings. The molecule has 6 rings (SSSR count). The van der Waals surface area contributed by atoms with Gasteiger partial charge in [0.2, 0.25) is 11.9 Å². The molecule has 1 saturated heterocycles. The summed E-state index contributed by atoms with van der Waals surface area (Å²) in [6.45, 7) is 12.9. The average Bonchev–Trinajstić information content (AvgIpc) is 3.59. The first-order chi connectivity index (χ1) is 21.4. The summed E-state index contributed by atoms with van der Waals surface area (Å²) in [6, 6.07) is 11.9. The molecule has 0 spiro atoms. The fourth-order valence-corrected chi connectivity index (χ4v) is 6.64. The normalized spacial score (nSPS) is 18.4. The molecule has 1 aliphatic carbocycles. The van der Waals surface area contributed by atoms with Gasteiger partial charge in [0.15, 0.2) is 5.82 Å². The van der Waals surface area contributed by atoms with E-state index in [4.69, 9.17) is 4.98 Å². The van der Waals surface area contributed by atoms with Crippen molar-refractivity contribution in [2.24, 2.45) is 17.8 Å². The van der Waals surface area contributed by atoms with Gasteiger partial charge in [-0.05, 0) is 61.3 Å². The summed E-state index contributed by atoms with van der Waals surface area (Å²) in [5.41, 5.74) is 4.59. The van der Waals surface area contributed by atoms with E-state index in [1.165, 1.54) is 17.2 Å². The van der Waals surface area contributed by atoms with Gasteiger partial charge in [-0.2, -0.15) is 10.1 Å². The second-order valence-corrected chi connectivity index (χ2v) is 12.1. The van der Waals surface area contributed by atoms with E-state index in [2.05, 4.69) is 75.6 Å². The number of rotatable bonds is 10. The molecular weight excluding hydrogens is 555 g/mol. The number of halogens is 1. The van der Waals surface area contributed by atoms with Crippen LogP contribution in [0.2, 0.25) is 0 Å². The Labute approximate surface area is 258 Å². The molecule has 230 valence electrons. The Morgan fingerprint density at radius 3 is 2.73 bits per heavy atom. The van der Waals surface area contributed by atoms with Crippen LogP contribution in [0.5, 0.6) is 0 Å². The van der Waals surface area contributed by atoms with Crippen molar-refractivity contribution in [1.29, 1.82) is 0 Å². The number of anilines is 4. The van der Waals surface area contributed by atoms with Gasteiger partial charge in [-0.1, -0.05) is 44.2 Å². The van der Waals surface area contributed by atoms with Crippen molar-refractivity contribution < 1.29 is 9.18 Å². The lowest BCUT2D eigenvalue weighted by Crippen LogP contribution is -2.41. The third kappa shape index (κ3) is 5.85. The zero-order valence-electron chi connectivity index (χ0n) is 25.7. The van der Waals surface area contributed by atoms with Gasteiger partial charge in [-0.25, -0.2) is 9.37 Å². The summed E-state index contributed by atoms with van der Waals surface area (Å²) in [5.74, 6) is 1.56. The first kappa shape index (κ1) is 29.6. The molecule has 44 heavy (non-hydrogen) atoms. The Balaban J connectivity index is 1.34. The maximum atomic E-state index is 15.2. The number of carbonyl (C=O) groups is 1. The molecule has 3 heterocycles. The molecule has 1 amide bonds. The SMILES string of the molecule is C=CCn1ncc2cc(F)c(Nc3ncc(N4CCC(C(=O)NCC)CC4)c(NC4c5ccccc5CC4C(C)C)n3)cc21. The Morgan fingerprint density at radius 1 is 1.18 bits per heavy atom. The summed E-state index contributed by atoms with van der Waals surface area (Å²) in [4.78, 5) is 24.4. The lowest BCUT2D eigenvalue weighted by Gasteiger charge is -2.34. The van der Waals surface area contributed by atoms with Crippen molar-refractivity contribution in [2.75, 3.05) is 35.2 Å². The Bertz CT molecular complexity index is 1660. The molecule has 1 aliphatic heterocycles. The number of hydrogen-bond acceptors (Lipinski definition) is 7. The second kappa shape index (κ2) is 12.6. The van der Waals surface area contributed by atoms with Gasteiger partial charge in [0.1, 0.15) is 5.82 Å². The fraction of sp³-hybridized carbons (Fsp3) is 0.412. The summed E-state index contributed by atoms with van der Waals surface area (Å²) in [7, 11) is 0. The first-order valence-electron chi connectivity index (χ1n) is 15.6. The van der Waals surface area contributed by atoms with Crippen LogP contribution in [0.25, 0.3) is 10.9 Å². The van der Waals surface area contributed by atoms with Crippen LogP contribution in [-0.2, 0) is 17.8 Å². The predicted octanol–water partition coefficient (Wildman–Crippen LogP) is 6.23. The largest absolute Gasteiger partial charge is 0.367 e. The summed E-state index contributed by atoms with van der Waals surface area (Å²) >= 11 is 0. The van der Waals surface area contributed by atoms with E-state index >= 15 is 4.39 Å². The van der Waals surface area contributed by atoms with Crippen LogP contribution in [0.15, 0.2) is 61.4 Å². The van der Waals surface area contributed by atoms with E-state index in [9.17, 15) is 4.79 Å². The van der Waals surface area contributed by atoms with Crippen molar-refractivity contribution in [3.05, 3.63) is 78.4 Å². The minimum absolute atomic E-state index is 0.00363. The third-order valence-electron chi connectivity index (χ3n) is 9.03. The predicted molar refractivity (Wildman–Crippen MR) is 174 cm³/mol. The van der Waals surface area contributed by atoms with Gasteiger partial charge in [-0.3, -0.25) is 9.48 Å². The molecule has 2 aromatic carbocycles. The number of aromatic nitrogens is 4. The van der Waals surface area contributed by atoms with Crippen LogP contribution in [0, 0.1) is 23.6 Å². The third-order valence-corrected chi connectivity index (χ3v) is 9.03. The van der Waals surface area contributed by atoms with E-state index in [0.717, 1.165) is 43.6 Å². The highest BCUT2D eigenvalue weighted by Gasteiger charge is 2.35. The smallest absolute Gasteiger partial charge is 0.229 e. The molecular formula is C34H41FN8O. The van der Waals surface area contributed by atoms with Crippen molar-refractivity contribution >= 4 is 40.0 Å². The number of fused-ring (bicyclic) bond motifs is 2. The lowest BCUT2D eigenvalue weighted by molar-refractivity contribution is -0.125. The molecule has 0 bridgehead atoms. The van der Waals surface area contributed by atoms with Crippen molar-refractivity contribution in [2.45, 2.75) is 52.6 Å². The summed E-state index contributed by atoms with van der Waals surface area (Å²) in [6.07, 6.45) is 7.74. The van der Waals surface area contributed by atoms with E-state index in [1.807, 2.05) is 13.1 Å². The van der Waals surface area contributed by atoms with Crippen molar-refractivity contribution in [3.63, 3.8) is 0 Å². The molecule has 3 N–H and O–H groups in total. The molecule has 9 nitrogen and oxygen atoms in total. The number of carbonyl (C=O) groups excluding carboxylic acids is 1. The van der Waals surface area contributed by atoms with Gasteiger partial charge < -0.3 is 20.9 Å². The van der Waals surface area contributed by atoms with Crippen molar-refractivity contribution in [1.82, 2.24) is 25.1 Å². The van der Waals surface area contributed by atoms with Crippen LogP contribution in [0.1, 0.15) is 50.8 Å². The minimum atomic E-state index is -0.408. The number of amides is 1. The number of nitrogens with zero attached hydrogens (tertiary/aromatic N) is 5. The van der Waals surface area contributed by atoms with Crippen LogP contribution in [-0.4, -0.2) is 45.3 Å². The topological polar surface area (TPSA) is 100 Å². The molecule has 1 fully saturated rings. The second-order valence-electron chi connectivity index (χ2n) is 12.1. The van der Waals surface area contributed by atoms with E-state index in [-0.39, 0.29) is 23.6 Å². The van der Waals surface area contributed by atoms with Crippen LogP contribution >= 0.6 is 0 Å². The maximum Gasteiger partial charge on any atom is 0.229 e. The monoisotopic (exact) mass is 596 g/mol. The Hall–Kier alpha value is -4.47. The molecule has 0 saturated carbocycles. The Morgan fingerprint density at radius 2 is 1.98 bits per heavy atom. The van der Waals surface area contributed by atoms with Crippen LogP contribution in [0.3, 0.4) is 0 Å². The number of benzene rings is 2. The Kier molecular flexibility index (Phi) is 8.50. The van der Waals surface area contributed by atoms with Gasteiger partial charge in [0.05, 0.1) is 41.9 Å². The zero-order chi connectivity index (χ0) is 30.8. The maximum absolute atomic E-state index is 15.2. The number of hydrogen-bond donors (Lipinski definition) is 3. The fourth-order valence-electron chi connectivity index (χ4n) is 6.64. The highest BCUT2D eigenvalue weighted by atomic mass is 19.1. The van der Waals surface area contributed by atoms with Crippen LogP contribution in [0.4, 0.5) is 27.5 Å². The van der Waals surface area contributed by atoms with Crippen LogP contribution < -0.4 is 20.9 Å². The van der Waals surface area contributed by atoms with Crippen molar-refractivity contribution in [3.8, 4) is 0 Å². The molecule has 2 atom stereocenters. The molecule has 0 radical (unpaired) electrons. The highest BCUT2D eigenvalue weighted by molar-refractivity contribution is 5.84. The standard InChI is InChI=1S/C34H41FN8O/c1-5-13-43-29-18-28(27(35)17-24(29)19-38-43)39-34-37-20-30(42-14-11-22(12-15-42)33(44)36-6-2)32(41-34)40-31-25-10-8-7-9-23(25)16-26(31)21(3)4/h5,7-10,17-22,26,31H,1,6,11-16H2,2-4H3,(H,36,44)(H2,37,39,40,41). The van der Waals surface area contributed by atoms with E-state index in [1.54, 1.807) is 23.0 Å². The molecule has 10 heteroatoms. The first-order valence-corrected chi connectivity index (χ1v) is 15.6. The summed E-state index contributed by atoms with van der Waals surface area (Å²) < 4.78 is 17.0. The molecule has 2 aromatic heterocycles. The minimum Gasteiger partial charge on any atom is -0.367 e. The molecule has 2 unspecified atom stereocenters. The van der Waals surface area contributed by atoms with E-state index in [0.29, 0.717) is 42.1 Å². The lowest BCUT2D eigenvalue weighted by atomic mass is 9.89. The van der Waals surface area contributed by atoms with Gasteiger partial charge in [0.25, 0.3) is 0 Å². The number of allylic oxidation sites excluding steroid dienone is 1. The van der Waals surface area contributed by atoms with Gasteiger partial charge in [-0.15, -0.1) is 6.58 Å². The molecule has 4 aromatic rings. The van der Waals surface area contributed by atoms with Gasteiger partial charge in [0, 0.05) is 30.9 Å². The highest BCUT2D eigenvalue weighted by Crippen LogP contribution is 2.43.